The lowest BCUT2D eigenvalue weighted by Crippen LogP contribution is -2.65. The first-order valence-electron chi connectivity index (χ1n) is 16.7. The summed E-state index contributed by atoms with van der Waals surface area (Å²) in [5.41, 5.74) is 3.55. The summed E-state index contributed by atoms with van der Waals surface area (Å²) in [7, 11) is 0. The van der Waals surface area contributed by atoms with Gasteiger partial charge in [-0.2, -0.15) is 4.98 Å². The molecule has 1 aromatic carbocycles. The fraction of sp³-hybridized carbons (Fsp3) is 0.559. The van der Waals surface area contributed by atoms with Gasteiger partial charge in [0.25, 0.3) is 5.91 Å². The predicted octanol–water partition coefficient (Wildman–Crippen LogP) is 2.57. The van der Waals surface area contributed by atoms with Crippen molar-refractivity contribution in [1.29, 1.82) is 0 Å². The molecule has 2 aromatic heterocycles. The van der Waals surface area contributed by atoms with Crippen LogP contribution in [-0.4, -0.2) is 87.7 Å². The van der Waals surface area contributed by atoms with Gasteiger partial charge in [-0.15, -0.1) is 0 Å². The lowest BCUT2D eigenvalue weighted by atomic mass is 9.60. The number of hydrogen-bond donors (Lipinski definition) is 4. The van der Waals surface area contributed by atoms with Gasteiger partial charge in [0.15, 0.2) is 12.2 Å². The summed E-state index contributed by atoms with van der Waals surface area (Å²) in [5.74, 6) is 2.44. The molecule has 4 N–H and O–H groups in total. The lowest BCUT2D eigenvalue weighted by molar-refractivity contribution is -0.148. The van der Waals surface area contributed by atoms with E-state index in [0.717, 1.165) is 74.4 Å². The molecule has 7 rings (SSSR count). The molecule has 13 nitrogen and oxygen atoms in total. The smallest absolute Gasteiger partial charge is 0.270 e. The average Bonchev–Trinajstić information content (AvgIpc) is 3.46. The van der Waals surface area contributed by atoms with E-state index in [9.17, 15) is 14.7 Å². The van der Waals surface area contributed by atoms with E-state index in [1.165, 1.54) is 12.8 Å². The number of aliphatic hydroxyl groups is 1. The van der Waals surface area contributed by atoms with E-state index >= 15 is 0 Å². The number of aliphatic hydroxyl groups excluding tert-OH is 1. The van der Waals surface area contributed by atoms with Crippen molar-refractivity contribution in [2.45, 2.75) is 83.7 Å². The molecule has 1 aliphatic carbocycles. The fourth-order valence-electron chi connectivity index (χ4n) is 7.32. The Morgan fingerprint density at radius 2 is 1.96 bits per heavy atom. The van der Waals surface area contributed by atoms with Gasteiger partial charge in [0.2, 0.25) is 11.9 Å². The Bertz CT molecular complexity index is 1610. The number of oxazole rings is 1. The summed E-state index contributed by atoms with van der Waals surface area (Å²) >= 11 is 0. The Hall–Kier alpha value is -4.23. The molecule has 3 aliphatic heterocycles. The van der Waals surface area contributed by atoms with Crippen molar-refractivity contribution >= 4 is 23.6 Å². The van der Waals surface area contributed by atoms with Crippen LogP contribution in [0.2, 0.25) is 0 Å². The molecule has 0 bridgehead atoms. The summed E-state index contributed by atoms with van der Waals surface area (Å²) in [6.07, 6.45) is 6.52. The van der Waals surface area contributed by atoms with Gasteiger partial charge in [0.05, 0.1) is 11.8 Å². The van der Waals surface area contributed by atoms with Gasteiger partial charge in [-0.05, 0) is 68.7 Å². The Kier molecular flexibility index (Phi) is 8.75. The van der Waals surface area contributed by atoms with Crippen molar-refractivity contribution in [3.8, 4) is 5.75 Å². The van der Waals surface area contributed by atoms with Gasteiger partial charge in [-0.1, -0.05) is 6.07 Å². The number of ether oxygens (including phenoxy) is 1. The number of nitrogens with zero attached hydrogens (tertiary/aromatic N) is 5. The number of anilines is 2. The minimum atomic E-state index is -0.790. The highest BCUT2D eigenvalue weighted by Gasteiger charge is 2.53. The third-order valence-electron chi connectivity index (χ3n) is 10.1. The van der Waals surface area contributed by atoms with Crippen molar-refractivity contribution in [2.75, 3.05) is 42.9 Å². The standard InChI is InChI=1S/C34H44N8O5/c1-21-30(47-20-37-21)17-46-26-7-6-23-11-27(35-15-24(23)10-26)29(44)16-36-32(45)28-12-31(40-33(39-28)41-8-4-3-5-9-41)38-25-13-34(14-25)18-42(19-34)22(2)43/h6-7,10,12,20,25,27,29,35,44H,3-5,8-9,11,13-19H2,1-2H3,(H,36,45)(H,38,39,40)/t27-,29+/m0/s1. The highest BCUT2D eigenvalue weighted by Crippen LogP contribution is 2.49. The van der Waals surface area contributed by atoms with Crippen LogP contribution >= 0.6 is 0 Å². The van der Waals surface area contributed by atoms with Crippen LogP contribution in [0, 0.1) is 12.3 Å². The first kappa shape index (κ1) is 31.4. The van der Waals surface area contributed by atoms with E-state index < -0.39 is 6.10 Å². The maximum absolute atomic E-state index is 13.4. The number of carbonyl (C=O) groups is 2. The quantitative estimate of drug-likeness (QED) is 0.257. The van der Waals surface area contributed by atoms with E-state index in [0.29, 0.717) is 37.1 Å². The van der Waals surface area contributed by atoms with Crippen molar-refractivity contribution in [1.82, 2.24) is 30.5 Å². The van der Waals surface area contributed by atoms with E-state index in [1.54, 1.807) is 13.0 Å². The molecule has 2 atom stereocenters. The molecule has 0 unspecified atom stereocenters. The summed E-state index contributed by atoms with van der Waals surface area (Å²) in [6.45, 7) is 7.85. The first-order chi connectivity index (χ1) is 22.7. The molecular formula is C34H44N8O5. The highest BCUT2D eigenvalue weighted by molar-refractivity contribution is 5.93. The number of likely N-dealkylation sites (tertiary alicyclic amines) is 1. The number of hydrogen-bond acceptors (Lipinski definition) is 11. The Balaban J connectivity index is 0.948. The number of amides is 2. The zero-order chi connectivity index (χ0) is 32.5. The fourth-order valence-corrected chi connectivity index (χ4v) is 7.32. The number of aryl methyl sites for hydroxylation is 1. The molecule has 1 spiro atoms. The van der Waals surface area contributed by atoms with Crippen LogP contribution in [0.4, 0.5) is 11.8 Å². The predicted molar refractivity (Wildman–Crippen MR) is 174 cm³/mol. The van der Waals surface area contributed by atoms with Gasteiger partial charge in [-0.25, -0.2) is 9.97 Å². The summed E-state index contributed by atoms with van der Waals surface area (Å²) < 4.78 is 11.3. The van der Waals surface area contributed by atoms with Crippen LogP contribution in [0.15, 0.2) is 35.1 Å². The van der Waals surface area contributed by atoms with Crippen molar-refractivity contribution < 1.29 is 23.8 Å². The average molecular weight is 645 g/mol. The van der Waals surface area contributed by atoms with Crippen LogP contribution < -0.4 is 25.6 Å². The zero-order valence-electron chi connectivity index (χ0n) is 27.1. The molecule has 3 aromatic rings. The van der Waals surface area contributed by atoms with E-state index in [-0.39, 0.29) is 41.6 Å². The van der Waals surface area contributed by atoms with E-state index in [1.807, 2.05) is 30.0 Å². The summed E-state index contributed by atoms with van der Waals surface area (Å²) in [6, 6.07) is 7.71. The normalized spacial score (nSPS) is 21.0. The molecule has 1 saturated carbocycles. The molecule has 2 saturated heterocycles. The van der Waals surface area contributed by atoms with E-state index in [2.05, 4.69) is 30.8 Å². The SMILES string of the molecule is CC(=O)N1CC2(CC(Nc3cc(C(=O)NC[C@@H](O)[C@@H]4Cc5ccc(OCc6ocnc6C)cc5CN4)nc(N4CCCCC4)n3)C2)C1. The minimum absolute atomic E-state index is 0.0904. The van der Waals surface area contributed by atoms with Crippen LogP contribution in [0.25, 0.3) is 0 Å². The topological polar surface area (TPSA) is 158 Å². The van der Waals surface area contributed by atoms with Crippen molar-refractivity contribution in [3.63, 3.8) is 0 Å². The van der Waals surface area contributed by atoms with Gasteiger partial charge in [-0.3, -0.25) is 9.59 Å². The maximum atomic E-state index is 13.4. The number of aromatic nitrogens is 3. The second-order valence-electron chi connectivity index (χ2n) is 13.7. The van der Waals surface area contributed by atoms with Crippen LogP contribution in [0.1, 0.15) is 72.1 Å². The number of nitrogens with one attached hydrogen (secondary N) is 3. The van der Waals surface area contributed by atoms with Gasteiger partial charge in [0.1, 0.15) is 23.9 Å². The Morgan fingerprint density at radius 1 is 1.15 bits per heavy atom. The van der Waals surface area contributed by atoms with Gasteiger partial charge < -0.3 is 40.0 Å². The largest absolute Gasteiger partial charge is 0.486 e. The van der Waals surface area contributed by atoms with E-state index in [4.69, 9.17) is 14.1 Å². The monoisotopic (exact) mass is 644 g/mol. The highest BCUT2D eigenvalue weighted by atomic mass is 16.5. The summed E-state index contributed by atoms with van der Waals surface area (Å²) in [4.78, 5) is 42.7. The van der Waals surface area contributed by atoms with Gasteiger partial charge in [0, 0.05) is 69.8 Å². The molecule has 3 fully saturated rings. The third kappa shape index (κ3) is 6.91. The number of fused-ring (bicyclic) bond motifs is 1. The molecule has 5 heterocycles. The first-order valence-corrected chi connectivity index (χ1v) is 16.7. The maximum Gasteiger partial charge on any atom is 0.270 e. The second-order valence-corrected chi connectivity index (χ2v) is 13.7. The van der Waals surface area contributed by atoms with Crippen LogP contribution in [0.3, 0.4) is 0 Å². The molecule has 2 amide bonds. The Labute approximate surface area is 274 Å². The van der Waals surface area contributed by atoms with Crippen LogP contribution in [0.5, 0.6) is 5.75 Å². The third-order valence-corrected chi connectivity index (χ3v) is 10.1. The molecule has 250 valence electrons. The van der Waals surface area contributed by atoms with Crippen molar-refractivity contribution in [3.05, 3.63) is 58.9 Å². The molecule has 0 radical (unpaired) electrons. The molecule has 4 aliphatic rings. The second kappa shape index (κ2) is 13.1. The minimum Gasteiger partial charge on any atom is -0.486 e. The number of piperidine rings is 1. The number of benzene rings is 1. The van der Waals surface area contributed by atoms with Crippen LogP contribution in [-0.2, 0) is 24.4 Å². The molecular weight excluding hydrogens is 600 g/mol. The van der Waals surface area contributed by atoms with Gasteiger partial charge >= 0.3 is 0 Å². The zero-order valence-corrected chi connectivity index (χ0v) is 27.1. The summed E-state index contributed by atoms with van der Waals surface area (Å²) in [5, 5.41) is 20.9. The number of carbonyl (C=O) groups excluding carboxylic acids is 2. The Morgan fingerprint density at radius 3 is 2.70 bits per heavy atom. The van der Waals surface area contributed by atoms with Crippen molar-refractivity contribution in [2.24, 2.45) is 5.41 Å². The molecule has 13 heteroatoms. The lowest BCUT2D eigenvalue weighted by Gasteiger charge is -2.59. The number of rotatable bonds is 10. The molecule has 47 heavy (non-hydrogen) atoms.